The number of carbonyl (C=O) groups is 1. The standard InChI is InChI=1S/C21H27ClN2O2/c1-2-3-4-7-13-26-19-11-8-10-18(14-19)24-21(25)16-23-15-17-9-5-6-12-20(17)22/h5-6,8-12,14,23H,2-4,7,13,15-16H2,1H3,(H,24,25). The Labute approximate surface area is 160 Å². The van der Waals surface area contributed by atoms with Crippen molar-refractivity contribution in [3.05, 3.63) is 59.1 Å². The molecule has 0 spiro atoms. The van der Waals surface area contributed by atoms with Gasteiger partial charge in [0.2, 0.25) is 5.91 Å². The van der Waals surface area contributed by atoms with Crippen molar-refractivity contribution >= 4 is 23.2 Å². The maximum Gasteiger partial charge on any atom is 0.238 e. The minimum Gasteiger partial charge on any atom is -0.494 e. The van der Waals surface area contributed by atoms with Gasteiger partial charge in [0.15, 0.2) is 0 Å². The lowest BCUT2D eigenvalue weighted by atomic mass is 10.2. The van der Waals surface area contributed by atoms with Gasteiger partial charge in [-0.25, -0.2) is 0 Å². The molecule has 4 nitrogen and oxygen atoms in total. The molecule has 0 atom stereocenters. The lowest BCUT2D eigenvalue weighted by molar-refractivity contribution is -0.115. The van der Waals surface area contributed by atoms with Crippen molar-refractivity contribution in [2.24, 2.45) is 0 Å². The van der Waals surface area contributed by atoms with Crippen LogP contribution >= 0.6 is 11.6 Å². The highest BCUT2D eigenvalue weighted by Crippen LogP contribution is 2.18. The van der Waals surface area contributed by atoms with E-state index in [1.54, 1.807) is 0 Å². The number of unbranched alkanes of at least 4 members (excludes halogenated alkanes) is 3. The highest BCUT2D eigenvalue weighted by Gasteiger charge is 2.05. The van der Waals surface area contributed by atoms with Crippen LogP contribution in [-0.2, 0) is 11.3 Å². The Balaban J connectivity index is 1.72. The number of benzene rings is 2. The third kappa shape index (κ3) is 7.46. The molecule has 2 rings (SSSR count). The summed E-state index contributed by atoms with van der Waals surface area (Å²) < 4.78 is 5.75. The van der Waals surface area contributed by atoms with Crippen molar-refractivity contribution in [1.82, 2.24) is 5.32 Å². The largest absolute Gasteiger partial charge is 0.494 e. The molecule has 1 amide bonds. The molecule has 0 unspecified atom stereocenters. The van der Waals surface area contributed by atoms with Crippen LogP contribution < -0.4 is 15.4 Å². The van der Waals surface area contributed by atoms with Crippen molar-refractivity contribution in [2.75, 3.05) is 18.5 Å². The Morgan fingerprint density at radius 1 is 1.08 bits per heavy atom. The third-order valence-electron chi connectivity index (χ3n) is 3.94. The summed E-state index contributed by atoms with van der Waals surface area (Å²) >= 11 is 6.10. The summed E-state index contributed by atoms with van der Waals surface area (Å²) in [5, 5.41) is 6.68. The van der Waals surface area contributed by atoms with Crippen LogP contribution in [-0.4, -0.2) is 19.1 Å². The van der Waals surface area contributed by atoms with Crippen molar-refractivity contribution in [3.8, 4) is 5.75 Å². The molecule has 0 aliphatic rings. The van der Waals surface area contributed by atoms with Gasteiger partial charge in [-0.1, -0.05) is 62.1 Å². The van der Waals surface area contributed by atoms with Crippen LogP contribution in [0.15, 0.2) is 48.5 Å². The summed E-state index contributed by atoms with van der Waals surface area (Å²) in [7, 11) is 0. The van der Waals surface area contributed by atoms with E-state index in [4.69, 9.17) is 16.3 Å². The second-order valence-electron chi connectivity index (χ2n) is 6.18. The van der Waals surface area contributed by atoms with Gasteiger partial charge in [-0.05, 0) is 30.2 Å². The maximum absolute atomic E-state index is 12.1. The summed E-state index contributed by atoms with van der Waals surface area (Å²) in [5.41, 5.74) is 1.71. The maximum atomic E-state index is 12.1. The molecular weight excluding hydrogens is 348 g/mol. The van der Waals surface area contributed by atoms with Crippen LogP contribution in [0.3, 0.4) is 0 Å². The van der Waals surface area contributed by atoms with E-state index in [1.807, 2.05) is 48.5 Å². The molecule has 0 bridgehead atoms. The number of hydrogen-bond donors (Lipinski definition) is 2. The molecule has 0 heterocycles. The van der Waals surface area contributed by atoms with E-state index in [2.05, 4.69) is 17.6 Å². The van der Waals surface area contributed by atoms with Crippen molar-refractivity contribution in [3.63, 3.8) is 0 Å². The quantitative estimate of drug-likeness (QED) is 0.542. The van der Waals surface area contributed by atoms with Crippen LogP contribution in [0.25, 0.3) is 0 Å². The second kappa shape index (κ2) is 11.6. The SMILES string of the molecule is CCCCCCOc1cccc(NC(=O)CNCc2ccccc2Cl)c1. The minimum absolute atomic E-state index is 0.0999. The Morgan fingerprint density at radius 3 is 2.73 bits per heavy atom. The molecule has 0 saturated carbocycles. The summed E-state index contributed by atoms with van der Waals surface area (Å²) in [6.45, 7) is 3.66. The number of rotatable bonds is 11. The molecule has 140 valence electrons. The highest BCUT2D eigenvalue weighted by atomic mass is 35.5. The summed E-state index contributed by atoms with van der Waals surface area (Å²) in [6, 6.07) is 15.1. The molecular formula is C21H27ClN2O2. The number of amides is 1. The second-order valence-corrected chi connectivity index (χ2v) is 6.59. The fourth-order valence-electron chi connectivity index (χ4n) is 2.54. The number of anilines is 1. The minimum atomic E-state index is -0.0999. The van der Waals surface area contributed by atoms with Crippen LogP contribution in [0.5, 0.6) is 5.75 Å². The molecule has 0 aromatic heterocycles. The zero-order valence-corrected chi connectivity index (χ0v) is 16.0. The van der Waals surface area contributed by atoms with Crippen molar-refractivity contribution in [1.29, 1.82) is 0 Å². The van der Waals surface area contributed by atoms with Gasteiger partial charge in [-0.2, -0.15) is 0 Å². The van der Waals surface area contributed by atoms with E-state index < -0.39 is 0 Å². The first-order chi connectivity index (χ1) is 12.7. The predicted molar refractivity (Wildman–Crippen MR) is 108 cm³/mol. The lowest BCUT2D eigenvalue weighted by Gasteiger charge is -2.10. The molecule has 26 heavy (non-hydrogen) atoms. The first-order valence-electron chi connectivity index (χ1n) is 9.16. The van der Waals surface area contributed by atoms with Crippen LogP contribution in [0.2, 0.25) is 5.02 Å². The van der Waals surface area contributed by atoms with Gasteiger partial charge in [0, 0.05) is 23.3 Å². The first kappa shape index (κ1) is 20.3. The Hall–Kier alpha value is -2.04. The van der Waals surface area contributed by atoms with E-state index in [0.717, 1.165) is 23.4 Å². The van der Waals surface area contributed by atoms with E-state index in [-0.39, 0.29) is 12.5 Å². The Bertz CT molecular complexity index is 691. The fourth-order valence-corrected chi connectivity index (χ4v) is 2.74. The number of nitrogens with one attached hydrogen (secondary N) is 2. The average molecular weight is 375 g/mol. The van der Waals surface area contributed by atoms with Gasteiger partial charge in [0.05, 0.1) is 13.2 Å². The lowest BCUT2D eigenvalue weighted by Crippen LogP contribution is -2.27. The summed E-state index contributed by atoms with van der Waals surface area (Å²) in [6.07, 6.45) is 4.69. The van der Waals surface area contributed by atoms with E-state index in [9.17, 15) is 4.79 Å². The molecule has 0 aliphatic carbocycles. The molecule has 0 fully saturated rings. The predicted octanol–water partition coefficient (Wildman–Crippen LogP) is 5.03. The topological polar surface area (TPSA) is 50.4 Å². The van der Waals surface area contributed by atoms with E-state index in [1.165, 1.54) is 19.3 Å². The number of hydrogen-bond acceptors (Lipinski definition) is 3. The third-order valence-corrected chi connectivity index (χ3v) is 4.31. The monoisotopic (exact) mass is 374 g/mol. The zero-order chi connectivity index (χ0) is 18.6. The van der Waals surface area contributed by atoms with Crippen molar-refractivity contribution < 1.29 is 9.53 Å². The number of carbonyl (C=O) groups excluding carboxylic acids is 1. The van der Waals surface area contributed by atoms with Gasteiger partial charge >= 0.3 is 0 Å². The van der Waals surface area contributed by atoms with Gasteiger partial charge in [-0.3, -0.25) is 4.79 Å². The van der Waals surface area contributed by atoms with E-state index >= 15 is 0 Å². The van der Waals surface area contributed by atoms with E-state index in [0.29, 0.717) is 18.2 Å². The van der Waals surface area contributed by atoms with Gasteiger partial charge in [0.25, 0.3) is 0 Å². The number of ether oxygens (including phenoxy) is 1. The van der Waals surface area contributed by atoms with Crippen LogP contribution in [0, 0.1) is 0 Å². The zero-order valence-electron chi connectivity index (χ0n) is 15.3. The van der Waals surface area contributed by atoms with Crippen LogP contribution in [0.4, 0.5) is 5.69 Å². The molecule has 2 aromatic carbocycles. The molecule has 5 heteroatoms. The average Bonchev–Trinajstić information content (AvgIpc) is 2.63. The first-order valence-corrected chi connectivity index (χ1v) is 9.53. The smallest absolute Gasteiger partial charge is 0.238 e. The highest BCUT2D eigenvalue weighted by molar-refractivity contribution is 6.31. The van der Waals surface area contributed by atoms with Gasteiger partial charge in [-0.15, -0.1) is 0 Å². The van der Waals surface area contributed by atoms with Crippen LogP contribution in [0.1, 0.15) is 38.2 Å². The molecule has 0 aliphatic heterocycles. The number of halogens is 1. The normalized spacial score (nSPS) is 10.5. The molecule has 2 N–H and O–H groups in total. The molecule has 0 saturated heterocycles. The summed E-state index contributed by atoms with van der Waals surface area (Å²) in [5.74, 6) is 0.681. The summed E-state index contributed by atoms with van der Waals surface area (Å²) in [4.78, 5) is 12.1. The Morgan fingerprint density at radius 2 is 1.92 bits per heavy atom. The fraction of sp³-hybridized carbons (Fsp3) is 0.381. The van der Waals surface area contributed by atoms with Crippen molar-refractivity contribution in [2.45, 2.75) is 39.2 Å². The Kier molecular flexibility index (Phi) is 9.01. The van der Waals surface area contributed by atoms with Gasteiger partial charge < -0.3 is 15.4 Å². The van der Waals surface area contributed by atoms with Gasteiger partial charge in [0.1, 0.15) is 5.75 Å². The molecule has 2 aromatic rings. The molecule has 0 radical (unpaired) electrons.